The van der Waals surface area contributed by atoms with E-state index in [1.807, 2.05) is 105 Å². The molecule has 1 amide bonds. The zero-order chi connectivity index (χ0) is 26.6. The van der Waals surface area contributed by atoms with Gasteiger partial charge in [-0.05, 0) is 59.2 Å². The molecule has 1 fully saturated rings. The summed E-state index contributed by atoms with van der Waals surface area (Å²) in [5, 5.41) is 13.9. The van der Waals surface area contributed by atoms with Gasteiger partial charge >= 0.3 is 5.91 Å². The normalized spacial score (nSPS) is 17.0. The first-order valence-electron chi connectivity index (χ1n) is 12.3. The van der Waals surface area contributed by atoms with Gasteiger partial charge in [0, 0.05) is 25.3 Å². The number of hydrogen-bond acceptors (Lipinski definition) is 6. The van der Waals surface area contributed by atoms with Gasteiger partial charge in [-0.2, -0.15) is 0 Å². The molecule has 1 N–H and O–H groups in total. The molecule has 38 heavy (non-hydrogen) atoms. The van der Waals surface area contributed by atoms with E-state index in [4.69, 9.17) is 4.98 Å². The monoisotopic (exact) mass is 519 g/mol. The molecule has 0 radical (unpaired) electrons. The van der Waals surface area contributed by atoms with Crippen molar-refractivity contribution in [1.29, 1.82) is 0 Å². The third-order valence-electron chi connectivity index (χ3n) is 6.93. The lowest BCUT2D eigenvalue weighted by molar-refractivity contribution is -0.132. The number of ketones is 1. The highest BCUT2D eigenvalue weighted by Crippen LogP contribution is 2.44. The lowest BCUT2D eigenvalue weighted by Crippen LogP contribution is -2.29. The highest BCUT2D eigenvalue weighted by Gasteiger charge is 2.48. The largest absolute Gasteiger partial charge is 0.507 e. The Labute approximate surface area is 224 Å². The number of rotatable bonds is 4. The minimum atomic E-state index is -0.820. The van der Waals surface area contributed by atoms with Crippen molar-refractivity contribution in [2.45, 2.75) is 13.0 Å². The van der Waals surface area contributed by atoms with Crippen LogP contribution >= 0.6 is 11.3 Å². The zero-order valence-corrected chi connectivity index (χ0v) is 22.0. The highest BCUT2D eigenvalue weighted by atomic mass is 32.1. The summed E-state index contributed by atoms with van der Waals surface area (Å²) < 4.78 is 0.929. The molecule has 1 aliphatic heterocycles. The Morgan fingerprint density at radius 1 is 0.921 bits per heavy atom. The average molecular weight is 520 g/mol. The van der Waals surface area contributed by atoms with E-state index in [1.165, 1.54) is 16.2 Å². The van der Waals surface area contributed by atoms with Crippen molar-refractivity contribution >= 4 is 60.6 Å². The molecule has 0 spiro atoms. The van der Waals surface area contributed by atoms with Crippen molar-refractivity contribution in [3.8, 4) is 0 Å². The molecule has 188 valence electrons. The van der Waals surface area contributed by atoms with Gasteiger partial charge in [-0.25, -0.2) is 4.98 Å². The van der Waals surface area contributed by atoms with Gasteiger partial charge in [-0.15, -0.1) is 0 Å². The molecule has 0 aliphatic carbocycles. The smallest absolute Gasteiger partial charge is 0.301 e. The lowest BCUT2D eigenvalue weighted by atomic mass is 9.94. The molecule has 2 heterocycles. The van der Waals surface area contributed by atoms with Crippen LogP contribution in [0.1, 0.15) is 22.7 Å². The fourth-order valence-corrected chi connectivity index (χ4v) is 6.01. The molecule has 0 saturated carbocycles. The van der Waals surface area contributed by atoms with Gasteiger partial charge < -0.3 is 10.0 Å². The van der Waals surface area contributed by atoms with Crippen LogP contribution in [0.15, 0.2) is 90.5 Å². The number of fused-ring (bicyclic) bond motifs is 2. The second-order valence-corrected chi connectivity index (χ2v) is 10.7. The van der Waals surface area contributed by atoms with Crippen LogP contribution in [-0.4, -0.2) is 35.9 Å². The Bertz CT molecular complexity index is 1770. The van der Waals surface area contributed by atoms with Crippen molar-refractivity contribution in [1.82, 2.24) is 4.98 Å². The lowest BCUT2D eigenvalue weighted by Gasteiger charge is -2.23. The van der Waals surface area contributed by atoms with Crippen LogP contribution in [0, 0.1) is 6.92 Å². The summed E-state index contributed by atoms with van der Waals surface area (Å²) in [6.45, 7) is 2.00. The Hall–Kier alpha value is -4.49. The number of aromatic nitrogens is 1. The van der Waals surface area contributed by atoms with E-state index in [-0.39, 0.29) is 11.3 Å². The highest BCUT2D eigenvalue weighted by molar-refractivity contribution is 7.22. The Morgan fingerprint density at radius 2 is 1.66 bits per heavy atom. The Balaban J connectivity index is 1.55. The number of carbonyl (C=O) groups is 2. The molecular formula is C31H25N3O3S. The first-order valence-corrected chi connectivity index (χ1v) is 13.1. The molecule has 5 aromatic rings. The summed E-state index contributed by atoms with van der Waals surface area (Å²) in [5.41, 5.74) is 4.08. The molecular weight excluding hydrogens is 494 g/mol. The van der Waals surface area contributed by atoms with Gasteiger partial charge in [0.2, 0.25) is 0 Å². The average Bonchev–Trinajstić information content (AvgIpc) is 3.45. The second-order valence-electron chi connectivity index (χ2n) is 9.68. The zero-order valence-electron chi connectivity index (χ0n) is 21.2. The van der Waals surface area contributed by atoms with Gasteiger partial charge in [0.15, 0.2) is 5.13 Å². The predicted octanol–water partition coefficient (Wildman–Crippen LogP) is 6.45. The molecule has 6 rings (SSSR count). The number of hydrogen-bond donors (Lipinski definition) is 1. The topological polar surface area (TPSA) is 73.7 Å². The number of Topliss-reactive ketones (excluding diaryl/α,β-unsaturated/α-hetero) is 1. The molecule has 1 aliphatic rings. The standard InChI is InChI=1S/C31H25N3O3S/c1-18-8-15-24-25(16-18)38-31(32-24)34-27(20-11-13-23(14-12-20)33(2)3)26(29(36)30(34)37)28(35)22-10-9-19-6-4-5-7-21(19)17-22/h4-17,27,35H,1-3H3/b28-26+. The summed E-state index contributed by atoms with van der Waals surface area (Å²) in [7, 11) is 3.90. The van der Waals surface area contributed by atoms with Gasteiger partial charge in [0.1, 0.15) is 5.76 Å². The van der Waals surface area contributed by atoms with Crippen molar-refractivity contribution in [3.05, 3.63) is 107 Å². The molecule has 6 nitrogen and oxygen atoms in total. The SMILES string of the molecule is Cc1ccc2nc(N3C(=O)C(=O)/C(=C(/O)c4ccc5ccccc5c4)C3c3ccc(N(C)C)cc3)sc2c1. The van der Waals surface area contributed by atoms with Crippen LogP contribution < -0.4 is 9.80 Å². The van der Waals surface area contributed by atoms with Crippen LogP contribution in [0.25, 0.3) is 26.7 Å². The Kier molecular flexibility index (Phi) is 5.73. The second kappa shape index (κ2) is 9.11. The number of amides is 1. The number of aliphatic hydroxyl groups is 1. The summed E-state index contributed by atoms with van der Waals surface area (Å²) in [6.07, 6.45) is 0. The van der Waals surface area contributed by atoms with Gasteiger partial charge in [0.25, 0.3) is 5.78 Å². The van der Waals surface area contributed by atoms with E-state index >= 15 is 0 Å². The maximum Gasteiger partial charge on any atom is 0.301 e. The summed E-state index contributed by atoms with van der Waals surface area (Å²) in [4.78, 5) is 35.2. The van der Waals surface area contributed by atoms with Crippen molar-refractivity contribution < 1.29 is 14.7 Å². The third kappa shape index (κ3) is 3.92. The number of aliphatic hydroxyl groups excluding tert-OH is 1. The number of nitrogens with zero attached hydrogens (tertiary/aromatic N) is 3. The number of aryl methyl sites for hydroxylation is 1. The van der Waals surface area contributed by atoms with Crippen LogP contribution in [-0.2, 0) is 9.59 Å². The Morgan fingerprint density at radius 3 is 2.39 bits per heavy atom. The molecule has 7 heteroatoms. The maximum atomic E-state index is 13.6. The molecule has 1 unspecified atom stereocenters. The van der Waals surface area contributed by atoms with Crippen molar-refractivity contribution in [3.63, 3.8) is 0 Å². The first-order chi connectivity index (χ1) is 18.3. The van der Waals surface area contributed by atoms with Crippen LogP contribution in [0.2, 0.25) is 0 Å². The molecule has 1 atom stereocenters. The van der Waals surface area contributed by atoms with Crippen molar-refractivity contribution in [2.75, 3.05) is 23.9 Å². The summed E-state index contributed by atoms with van der Waals surface area (Å²) >= 11 is 1.36. The third-order valence-corrected chi connectivity index (χ3v) is 7.95. The quantitative estimate of drug-likeness (QED) is 0.168. The first kappa shape index (κ1) is 23.9. The number of carbonyl (C=O) groups excluding carboxylic acids is 2. The van der Waals surface area contributed by atoms with Crippen LogP contribution in [0.5, 0.6) is 0 Å². The van der Waals surface area contributed by atoms with Gasteiger partial charge in [0.05, 0.1) is 21.8 Å². The predicted molar refractivity (Wildman–Crippen MR) is 154 cm³/mol. The van der Waals surface area contributed by atoms with Crippen LogP contribution in [0.3, 0.4) is 0 Å². The molecule has 1 saturated heterocycles. The number of anilines is 2. The van der Waals surface area contributed by atoms with E-state index in [9.17, 15) is 14.7 Å². The molecule has 1 aromatic heterocycles. The minimum absolute atomic E-state index is 0.0540. The van der Waals surface area contributed by atoms with E-state index < -0.39 is 17.7 Å². The minimum Gasteiger partial charge on any atom is -0.507 e. The van der Waals surface area contributed by atoms with Gasteiger partial charge in [-0.1, -0.05) is 65.9 Å². The van der Waals surface area contributed by atoms with Gasteiger partial charge in [-0.3, -0.25) is 14.5 Å². The summed E-state index contributed by atoms with van der Waals surface area (Å²) in [6, 6.07) is 26.1. The molecule has 4 aromatic carbocycles. The summed E-state index contributed by atoms with van der Waals surface area (Å²) in [5.74, 6) is -1.63. The van der Waals surface area contributed by atoms with E-state index in [0.29, 0.717) is 16.3 Å². The number of benzene rings is 4. The number of thiazole rings is 1. The molecule has 0 bridgehead atoms. The van der Waals surface area contributed by atoms with E-state index in [1.54, 1.807) is 6.07 Å². The maximum absolute atomic E-state index is 13.6. The van der Waals surface area contributed by atoms with Crippen LogP contribution in [0.4, 0.5) is 10.8 Å². The van der Waals surface area contributed by atoms with Crippen molar-refractivity contribution in [2.24, 2.45) is 0 Å². The van der Waals surface area contributed by atoms with E-state index in [0.717, 1.165) is 32.2 Å². The van der Waals surface area contributed by atoms with E-state index in [2.05, 4.69) is 0 Å². The fourth-order valence-electron chi connectivity index (χ4n) is 4.91. The fraction of sp³-hybridized carbons (Fsp3) is 0.129.